The number of hydrogen-bond donors (Lipinski definition) is 2. The van der Waals surface area contributed by atoms with Crippen LogP contribution in [-0.2, 0) is 15.0 Å². The number of nitrogens with one attached hydrogen (secondary N) is 2. The molecule has 0 atom stereocenters. The van der Waals surface area contributed by atoms with Crippen molar-refractivity contribution < 1.29 is 14.4 Å². The predicted molar refractivity (Wildman–Crippen MR) is 216 cm³/mol. The second-order valence-corrected chi connectivity index (χ2v) is 18.3. The summed E-state index contributed by atoms with van der Waals surface area (Å²) in [5, 5.41) is 6.57. The molecule has 5 aliphatic carbocycles. The van der Waals surface area contributed by atoms with Gasteiger partial charge in [-0.05, 0) is 126 Å². The monoisotopic (exact) mass is 772 g/mol. The van der Waals surface area contributed by atoms with Crippen LogP contribution in [0.1, 0.15) is 99.0 Å². The molecule has 4 aromatic rings. The average Bonchev–Trinajstić information content (AvgIpc) is 3.88. The maximum atomic E-state index is 15.0. The molecule has 56 heavy (non-hydrogen) atoms. The molecule has 3 amide bonds. The van der Waals surface area contributed by atoms with Gasteiger partial charge in [0, 0.05) is 55.2 Å². The number of benzene rings is 2. The van der Waals surface area contributed by atoms with E-state index >= 15 is 4.79 Å². The Bertz CT molecular complexity index is 2280. The molecule has 3 aliphatic heterocycles. The van der Waals surface area contributed by atoms with Gasteiger partial charge in [-0.2, -0.15) is 0 Å². The highest BCUT2D eigenvalue weighted by atomic mass is 35.5. The molecule has 2 N–H and O–H groups in total. The Morgan fingerprint density at radius 1 is 0.893 bits per heavy atom. The summed E-state index contributed by atoms with van der Waals surface area (Å²) in [6, 6.07) is 14.9. The van der Waals surface area contributed by atoms with E-state index in [1.165, 1.54) is 19.3 Å². The molecule has 2 bridgehead atoms. The number of likely N-dealkylation sites (tertiary alicyclic amines) is 2. The van der Waals surface area contributed by atoms with Crippen LogP contribution in [0, 0.1) is 11.3 Å². The molecule has 1 spiro atoms. The third kappa shape index (κ3) is 5.29. The smallest absolute Gasteiger partial charge is 0.252 e. The van der Waals surface area contributed by atoms with E-state index in [1.807, 2.05) is 12.4 Å². The molecule has 5 saturated carbocycles. The molecule has 0 radical (unpaired) electrons. The van der Waals surface area contributed by atoms with Gasteiger partial charge in [0.25, 0.3) is 5.91 Å². The quantitative estimate of drug-likeness (QED) is 0.195. The first-order valence-corrected chi connectivity index (χ1v) is 21.3. The van der Waals surface area contributed by atoms with E-state index in [9.17, 15) is 9.59 Å². The number of carbonyl (C=O) groups is 3. The van der Waals surface area contributed by atoms with E-state index in [0.29, 0.717) is 66.0 Å². The minimum absolute atomic E-state index is 0.0978. The predicted octanol–water partition coefficient (Wildman–Crippen LogP) is 7.21. The molecule has 5 heterocycles. The number of aromatic nitrogens is 3. The van der Waals surface area contributed by atoms with Gasteiger partial charge in [0.15, 0.2) is 5.82 Å². The number of amides is 3. The number of rotatable bonds is 8. The second kappa shape index (κ2) is 12.8. The highest BCUT2D eigenvalue weighted by Gasteiger charge is 2.63. The lowest BCUT2D eigenvalue weighted by Crippen LogP contribution is -2.63. The molecular formula is C44H49ClN8O3. The largest absolute Gasteiger partial charge is 0.355 e. The third-order valence-electron chi connectivity index (χ3n) is 14.6. The van der Waals surface area contributed by atoms with Gasteiger partial charge in [0.1, 0.15) is 5.52 Å². The van der Waals surface area contributed by atoms with Gasteiger partial charge in [0.05, 0.1) is 39.0 Å². The molecule has 2 aromatic heterocycles. The summed E-state index contributed by atoms with van der Waals surface area (Å²) in [6.07, 6.45) is 14.4. The second-order valence-electron chi connectivity index (χ2n) is 17.9. The van der Waals surface area contributed by atoms with Crippen molar-refractivity contribution in [3.05, 3.63) is 64.9 Å². The van der Waals surface area contributed by atoms with Gasteiger partial charge in [-0.25, -0.2) is 9.97 Å². The molecule has 290 valence electrons. The van der Waals surface area contributed by atoms with Crippen molar-refractivity contribution in [2.45, 2.75) is 101 Å². The summed E-state index contributed by atoms with van der Waals surface area (Å²) in [5.74, 6) is 1.69. The van der Waals surface area contributed by atoms with Crippen molar-refractivity contribution in [3.8, 4) is 11.3 Å². The Kier molecular flexibility index (Phi) is 7.92. The Labute approximate surface area is 332 Å². The van der Waals surface area contributed by atoms with Crippen LogP contribution in [0.25, 0.3) is 22.3 Å². The molecule has 2 saturated heterocycles. The van der Waals surface area contributed by atoms with Gasteiger partial charge in [-0.3, -0.25) is 14.4 Å². The van der Waals surface area contributed by atoms with Crippen molar-refractivity contribution in [2.24, 2.45) is 11.3 Å². The molecule has 2 aromatic carbocycles. The standard InChI is InChI=1S/C44H49ClN8O3/c1-46-40(54)32-18-28(6-10-34(32)45)48-39-38-36(47-25-52(38)29-7-8-29)21-35(49-39)27-5-9-33-37(17-27)53(31-19-30(20-31)50-13-3-2-4-14-50)42(56)44(33)11-15-51(16-12-44)41(55)43-22-26(23-43)24-43/h5-6,9-10,17-18,21,25-26,29-31H,2-4,7-8,11-16,19-20,22-24H2,1H3,(H,46,54)(H,48,49). The maximum absolute atomic E-state index is 15.0. The van der Waals surface area contributed by atoms with Crippen LogP contribution >= 0.6 is 11.6 Å². The Morgan fingerprint density at radius 3 is 2.36 bits per heavy atom. The van der Waals surface area contributed by atoms with Crippen molar-refractivity contribution in [1.29, 1.82) is 0 Å². The van der Waals surface area contributed by atoms with E-state index in [1.54, 1.807) is 19.2 Å². The van der Waals surface area contributed by atoms with E-state index in [-0.39, 0.29) is 23.3 Å². The van der Waals surface area contributed by atoms with E-state index in [2.05, 4.69) is 54.2 Å². The van der Waals surface area contributed by atoms with Gasteiger partial charge in [-0.1, -0.05) is 30.2 Å². The summed E-state index contributed by atoms with van der Waals surface area (Å²) in [5.41, 5.74) is 5.90. The summed E-state index contributed by atoms with van der Waals surface area (Å²) in [6.45, 7) is 3.59. The molecule has 7 fully saturated rings. The van der Waals surface area contributed by atoms with Crippen LogP contribution in [0.2, 0.25) is 5.02 Å². The van der Waals surface area contributed by atoms with Crippen LogP contribution in [0.15, 0.2) is 48.8 Å². The number of pyridine rings is 1. The van der Waals surface area contributed by atoms with Gasteiger partial charge in [-0.15, -0.1) is 0 Å². The average molecular weight is 773 g/mol. The van der Waals surface area contributed by atoms with Crippen LogP contribution < -0.4 is 15.5 Å². The Hall–Kier alpha value is -4.48. The molecule has 12 rings (SSSR count). The lowest BCUT2D eigenvalue weighted by Gasteiger charge is -2.61. The number of carbonyl (C=O) groups excluding carboxylic acids is 3. The number of piperidine rings is 2. The summed E-state index contributed by atoms with van der Waals surface area (Å²) in [7, 11) is 1.59. The van der Waals surface area contributed by atoms with Crippen LogP contribution in [0.3, 0.4) is 0 Å². The molecule has 0 unspecified atom stereocenters. The van der Waals surface area contributed by atoms with Gasteiger partial charge >= 0.3 is 0 Å². The SMILES string of the molecule is CNC(=O)c1cc(Nc2nc(-c3ccc4c(c3)N(C3CC(N5CCCCC5)C3)C(=O)C43CCN(C(=O)C45CC(C4)C5)CC3)cc3ncn(C4CC4)c23)ccc1Cl. The first-order valence-electron chi connectivity index (χ1n) is 20.9. The third-order valence-corrected chi connectivity index (χ3v) is 15.0. The number of imidazole rings is 1. The Morgan fingerprint density at radius 2 is 1.66 bits per heavy atom. The van der Waals surface area contributed by atoms with Crippen molar-refractivity contribution >= 4 is 57.5 Å². The first kappa shape index (κ1) is 34.7. The highest BCUT2D eigenvalue weighted by Crippen LogP contribution is 2.65. The summed E-state index contributed by atoms with van der Waals surface area (Å²) < 4.78 is 2.21. The maximum Gasteiger partial charge on any atom is 0.252 e. The topological polar surface area (TPSA) is 116 Å². The fourth-order valence-electron chi connectivity index (χ4n) is 11.1. The zero-order valence-electron chi connectivity index (χ0n) is 32.0. The minimum atomic E-state index is -0.621. The van der Waals surface area contributed by atoms with Crippen molar-refractivity contribution in [3.63, 3.8) is 0 Å². The van der Waals surface area contributed by atoms with Crippen molar-refractivity contribution in [1.82, 2.24) is 29.7 Å². The van der Waals surface area contributed by atoms with E-state index in [4.69, 9.17) is 21.6 Å². The fourth-order valence-corrected chi connectivity index (χ4v) is 11.3. The molecule has 12 heteroatoms. The van der Waals surface area contributed by atoms with Crippen LogP contribution in [0.5, 0.6) is 0 Å². The Balaban J connectivity index is 0.954. The van der Waals surface area contributed by atoms with Crippen LogP contribution in [0.4, 0.5) is 17.2 Å². The number of nitrogens with zero attached hydrogens (tertiary/aromatic N) is 6. The van der Waals surface area contributed by atoms with Crippen molar-refractivity contribution in [2.75, 3.05) is 43.4 Å². The van der Waals surface area contributed by atoms with Gasteiger partial charge < -0.3 is 29.9 Å². The zero-order chi connectivity index (χ0) is 37.9. The van der Waals surface area contributed by atoms with E-state index in [0.717, 1.165) is 97.5 Å². The minimum Gasteiger partial charge on any atom is -0.355 e. The van der Waals surface area contributed by atoms with Gasteiger partial charge in [0.2, 0.25) is 11.8 Å². The number of anilines is 3. The normalized spacial score (nSPS) is 27.8. The molecular weight excluding hydrogens is 724 g/mol. The van der Waals surface area contributed by atoms with E-state index < -0.39 is 5.41 Å². The summed E-state index contributed by atoms with van der Waals surface area (Å²) in [4.78, 5) is 58.3. The number of halogens is 1. The summed E-state index contributed by atoms with van der Waals surface area (Å²) >= 11 is 6.42. The lowest BCUT2D eigenvalue weighted by molar-refractivity contribution is -0.178. The van der Waals surface area contributed by atoms with Crippen LogP contribution in [-0.4, -0.2) is 87.4 Å². The number of fused-ring (bicyclic) bond motifs is 3. The fraction of sp³-hybridized carbons (Fsp3) is 0.523. The zero-order valence-corrected chi connectivity index (χ0v) is 32.8. The highest BCUT2D eigenvalue weighted by molar-refractivity contribution is 6.34. The first-order chi connectivity index (χ1) is 27.2. The molecule has 8 aliphatic rings. The lowest BCUT2D eigenvalue weighted by atomic mass is 9.44. The molecule has 11 nitrogen and oxygen atoms in total. The number of hydrogen-bond acceptors (Lipinski definition) is 7.